The molecular weight excluding hydrogens is 470 g/mol. The lowest BCUT2D eigenvalue weighted by molar-refractivity contribution is -0.138. The third-order valence-corrected chi connectivity index (χ3v) is 7.88. The maximum atomic E-state index is 12.4. The van der Waals surface area contributed by atoms with Gasteiger partial charge in [-0.1, -0.05) is 63.1 Å². The van der Waals surface area contributed by atoms with Gasteiger partial charge in [-0.3, -0.25) is 0 Å². The zero-order valence-corrected chi connectivity index (χ0v) is 23.9. The summed E-state index contributed by atoms with van der Waals surface area (Å²) in [6.07, 6.45) is 13.3. The van der Waals surface area contributed by atoms with Gasteiger partial charge in [0.1, 0.15) is 12.1 Å². The molecule has 0 aliphatic heterocycles. The summed E-state index contributed by atoms with van der Waals surface area (Å²) in [6.45, 7) is 15.1. The van der Waals surface area contributed by atoms with E-state index in [1.807, 2.05) is 0 Å². The number of allylic oxidation sites excluding steroid dienone is 5. The number of carboxylic acids is 1. The molecule has 1 rings (SSSR count). The number of carbonyl (C=O) groups is 2. The SMILES string of the molecule is C.CC(C)=CCC/C(C)=C/CC/C(C)=C/CSC[C@H](NC(=O)OC1CC(C(C)C)CC[C@@H]1C)C(=O)O. The van der Waals surface area contributed by atoms with Crippen LogP contribution in [0.2, 0.25) is 0 Å². The summed E-state index contributed by atoms with van der Waals surface area (Å²) in [7, 11) is 0. The number of carboxylic acid groups (broad SMARTS) is 1. The van der Waals surface area contributed by atoms with Crippen LogP contribution in [0.15, 0.2) is 34.9 Å². The summed E-state index contributed by atoms with van der Waals surface area (Å²) < 4.78 is 5.67. The molecular formula is C30H53NO4S. The van der Waals surface area contributed by atoms with Crippen LogP contribution in [0.3, 0.4) is 0 Å². The fraction of sp³-hybridized carbons (Fsp3) is 0.733. The molecule has 36 heavy (non-hydrogen) atoms. The number of alkyl carbamates (subject to hydrolysis) is 1. The average Bonchev–Trinajstić information content (AvgIpc) is 2.76. The van der Waals surface area contributed by atoms with Crippen LogP contribution in [0.25, 0.3) is 0 Å². The first-order valence-electron chi connectivity index (χ1n) is 13.2. The normalized spacial score (nSPS) is 21.4. The molecule has 208 valence electrons. The number of thioether (sulfide) groups is 1. The predicted molar refractivity (Wildman–Crippen MR) is 156 cm³/mol. The van der Waals surface area contributed by atoms with Gasteiger partial charge in [-0.2, -0.15) is 11.8 Å². The molecule has 1 amide bonds. The van der Waals surface area contributed by atoms with Crippen LogP contribution < -0.4 is 5.32 Å². The fourth-order valence-corrected chi connectivity index (χ4v) is 5.30. The van der Waals surface area contributed by atoms with E-state index in [0.29, 0.717) is 23.5 Å². The summed E-state index contributed by atoms with van der Waals surface area (Å²) in [5.74, 6) is 1.42. The number of amides is 1. The molecule has 0 radical (unpaired) electrons. The zero-order chi connectivity index (χ0) is 26.4. The van der Waals surface area contributed by atoms with Crippen molar-refractivity contribution >= 4 is 23.8 Å². The minimum atomic E-state index is -1.03. The van der Waals surface area contributed by atoms with Crippen LogP contribution in [0.5, 0.6) is 0 Å². The van der Waals surface area contributed by atoms with E-state index in [-0.39, 0.29) is 13.5 Å². The lowest BCUT2D eigenvalue weighted by Gasteiger charge is -2.35. The Morgan fingerprint density at radius 3 is 2.22 bits per heavy atom. The monoisotopic (exact) mass is 523 g/mol. The van der Waals surface area contributed by atoms with Gasteiger partial charge in [0.05, 0.1) is 0 Å². The van der Waals surface area contributed by atoms with Gasteiger partial charge < -0.3 is 15.2 Å². The number of nitrogens with one attached hydrogen (secondary N) is 1. The lowest BCUT2D eigenvalue weighted by atomic mass is 9.76. The van der Waals surface area contributed by atoms with Gasteiger partial charge in [0.15, 0.2) is 0 Å². The molecule has 0 heterocycles. The Balaban J connectivity index is 0.0000122. The van der Waals surface area contributed by atoms with Gasteiger partial charge >= 0.3 is 12.1 Å². The highest BCUT2D eigenvalue weighted by atomic mass is 32.2. The highest BCUT2D eigenvalue weighted by Gasteiger charge is 2.32. The van der Waals surface area contributed by atoms with Crippen LogP contribution in [-0.4, -0.2) is 40.8 Å². The molecule has 6 heteroatoms. The van der Waals surface area contributed by atoms with Crippen molar-refractivity contribution < 1.29 is 19.4 Å². The zero-order valence-electron chi connectivity index (χ0n) is 23.1. The first kappa shape index (κ1) is 34.3. The topological polar surface area (TPSA) is 75.6 Å². The van der Waals surface area contributed by atoms with Crippen molar-refractivity contribution in [3.8, 4) is 0 Å². The van der Waals surface area contributed by atoms with Crippen molar-refractivity contribution in [1.82, 2.24) is 5.32 Å². The Labute approximate surface area is 225 Å². The molecule has 1 aliphatic rings. The van der Waals surface area contributed by atoms with Crippen LogP contribution in [0, 0.1) is 17.8 Å². The Morgan fingerprint density at radius 1 is 1.03 bits per heavy atom. The molecule has 1 fully saturated rings. The van der Waals surface area contributed by atoms with Crippen LogP contribution in [-0.2, 0) is 9.53 Å². The smallest absolute Gasteiger partial charge is 0.408 e. The first-order valence-corrected chi connectivity index (χ1v) is 14.4. The van der Waals surface area contributed by atoms with Gasteiger partial charge in [-0.05, 0) is 90.4 Å². The molecule has 0 aromatic carbocycles. The van der Waals surface area contributed by atoms with Crippen molar-refractivity contribution in [1.29, 1.82) is 0 Å². The van der Waals surface area contributed by atoms with Gasteiger partial charge in [0.2, 0.25) is 0 Å². The van der Waals surface area contributed by atoms with E-state index in [1.165, 1.54) is 28.5 Å². The highest BCUT2D eigenvalue weighted by Crippen LogP contribution is 2.35. The maximum Gasteiger partial charge on any atom is 0.408 e. The molecule has 0 saturated heterocycles. The predicted octanol–water partition coefficient (Wildman–Crippen LogP) is 8.42. The molecule has 0 spiro atoms. The quantitative estimate of drug-likeness (QED) is 0.176. The number of ether oxygens (including phenoxy) is 1. The largest absolute Gasteiger partial charge is 0.480 e. The summed E-state index contributed by atoms with van der Waals surface area (Å²) in [5.41, 5.74) is 4.09. The molecule has 0 aromatic rings. The van der Waals surface area contributed by atoms with E-state index in [9.17, 15) is 14.7 Å². The second-order valence-corrected chi connectivity index (χ2v) is 11.8. The van der Waals surface area contributed by atoms with E-state index in [1.54, 1.807) is 0 Å². The van der Waals surface area contributed by atoms with Gasteiger partial charge in [-0.15, -0.1) is 0 Å². The summed E-state index contributed by atoms with van der Waals surface area (Å²) >= 11 is 1.52. The second-order valence-electron chi connectivity index (χ2n) is 10.8. The molecule has 5 nitrogen and oxygen atoms in total. The number of hydrogen-bond donors (Lipinski definition) is 2. The summed E-state index contributed by atoms with van der Waals surface area (Å²) in [6, 6.07) is -0.951. The summed E-state index contributed by atoms with van der Waals surface area (Å²) in [5, 5.41) is 12.1. The number of aliphatic carboxylic acids is 1. The molecule has 0 bridgehead atoms. The second kappa shape index (κ2) is 18.5. The standard InChI is InChI=1S/C29H49NO4S.CH4/c1-20(2)10-8-11-22(5)12-9-13-23(6)16-17-35-19-26(28(31)32)30-29(33)34-27-18-25(21(3)4)15-14-24(27)7;/h10,12,16,21,24-27H,8-9,11,13-15,17-19H2,1-7H3,(H,30,33)(H,31,32);1H4/b22-12+,23-16+;/t24-,25?,26-,27?;/m0./s1. The van der Waals surface area contributed by atoms with E-state index in [4.69, 9.17) is 4.74 Å². The van der Waals surface area contributed by atoms with E-state index in [2.05, 4.69) is 72.0 Å². The highest BCUT2D eigenvalue weighted by molar-refractivity contribution is 7.99. The molecule has 2 N–H and O–H groups in total. The van der Waals surface area contributed by atoms with E-state index in [0.717, 1.165) is 50.7 Å². The molecule has 1 saturated carbocycles. The van der Waals surface area contributed by atoms with Crippen LogP contribution in [0.4, 0.5) is 4.79 Å². The number of rotatable bonds is 14. The van der Waals surface area contributed by atoms with Crippen LogP contribution >= 0.6 is 11.8 Å². The Hall–Kier alpha value is -1.69. The van der Waals surface area contributed by atoms with Crippen molar-refractivity contribution in [3.05, 3.63) is 34.9 Å². The van der Waals surface area contributed by atoms with E-state index >= 15 is 0 Å². The van der Waals surface area contributed by atoms with E-state index < -0.39 is 18.1 Å². The minimum Gasteiger partial charge on any atom is -0.480 e. The van der Waals surface area contributed by atoms with Crippen molar-refractivity contribution in [2.45, 2.75) is 113 Å². The Morgan fingerprint density at radius 2 is 1.64 bits per heavy atom. The fourth-order valence-electron chi connectivity index (χ4n) is 4.30. The van der Waals surface area contributed by atoms with Crippen molar-refractivity contribution in [3.63, 3.8) is 0 Å². The third kappa shape index (κ3) is 14.8. The van der Waals surface area contributed by atoms with Crippen molar-refractivity contribution in [2.24, 2.45) is 17.8 Å². The maximum absolute atomic E-state index is 12.4. The molecule has 1 aliphatic carbocycles. The van der Waals surface area contributed by atoms with Gasteiger partial charge in [-0.25, -0.2) is 9.59 Å². The lowest BCUT2D eigenvalue weighted by Crippen LogP contribution is -2.45. The Kier molecular flexibility index (Phi) is 17.7. The molecule has 0 aromatic heterocycles. The number of carbonyl (C=O) groups excluding carboxylic acids is 1. The molecule has 2 unspecified atom stereocenters. The Bertz CT molecular complexity index is 752. The summed E-state index contributed by atoms with van der Waals surface area (Å²) in [4.78, 5) is 24.1. The van der Waals surface area contributed by atoms with Gasteiger partial charge in [0, 0.05) is 11.5 Å². The average molecular weight is 524 g/mol. The minimum absolute atomic E-state index is 0. The third-order valence-electron chi connectivity index (χ3n) is 6.91. The number of hydrogen-bond acceptors (Lipinski definition) is 4. The van der Waals surface area contributed by atoms with Crippen LogP contribution in [0.1, 0.15) is 101 Å². The van der Waals surface area contributed by atoms with Gasteiger partial charge in [0.25, 0.3) is 0 Å². The molecule has 4 atom stereocenters. The van der Waals surface area contributed by atoms with Crippen molar-refractivity contribution in [2.75, 3.05) is 11.5 Å². The first-order chi connectivity index (χ1) is 16.5.